The van der Waals surface area contributed by atoms with Gasteiger partial charge in [0.25, 0.3) is 0 Å². The van der Waals surface area contributed by atoms with E-state index in [1.54, 1.807) is 6.08 Å². The molecule has 0 aliphatic heterocycles. The van der Waals surface area contributed by atoms with Gasteiger partial charge in [-0.3, -0.25) is 0 Å². The summed E-state index contributed by atoms with van der Waals surface area (Å²) in [6.07, 6.45) is 2.52. The molecule has 0 spiro atoms. The van der Waals surface area contributed by atoms with E-state index in [2.05, 4.69) is 34.3 Å². The Morgan fingerprint density at radius 2 is 1.66 bits per heavy atom. The number of fused-ring (bicyclic) bond motifs is 3. The molecule has 1 aliphatic rings. The van der Waals surface area contributed by atoms with Crippen molar-refractivity contribution in [3.63, 3.8) is 0 Å². The summed E-state index contributed by atoms with van der Waals surface area (Å²) in [4.78, 5) is 23.8. The van der Waals surface area contributed by atoms with Gasteiger partial charge >= 0.3 is 12.1 Å². The number of benzene rings is 3. The van der Waals surface area contributed by atoms with Crippen LogP contribution in [-0.4, -0.2) is 32.3 Å². The SMILES string of the molecule is COC(=O)c1ccc(F)c(C=CCNC(=O)OCC2c3ccccc3-c3ccccc32)c1. The summed E-state index contributed by atoms with van der Waals surface area (Å²) in [7, 11) is 1.26. The lowest BCUT2D eigenvalue weighted by molar-refractivity contribution is 0.0600. The Kier molecular flexibility index (Phi) is 6.31. The zero-order valence-electron chi connectivity index (χ0n) is 17.5. The number of carbonyl (C=O) groups is 2. The predicted octanol–water partition coefficient (Wildman–Crippen LogP) is 5.16. The van der Waals surface area contributed by atoms with Crippen molar-refractivity contribution >= 4 is 18.1 Å². The quantitative estimate of drug-likeness (QED) is 0.548. The van der Waals surface area contributed by atoms with E-state index in [9.17, 15) is 14.0 Å². The molecule has 1 aliphatic carbocycles. The van der Waals surface area contributed by atoms with Gasteiger partial charge in [0, 0.05) is 18.0 Å². The number of nitrogens with one attached hydrogen (secondary N) is 1. The minimum atomic E-state index is -0.555. The van der Waals surface area contributed by atoms with Crippen LogP contribution in [0.4, 0.5) is 9.18 Å². The van der Waals surface area contributed by atoms with Crippen LogP contribution in [0.1, 0.15) is 33.0 Å². The average molecular weight is 431 g/mol. The van der Waals surface area contributed by atoms with Crippen molar-refractivity contribution in [3.05, 3.63) is 101 Å². The molecule has 0 bridgehead atoms. The van der Waals surface area contributed by atoms with Crippen molar-refractivity contribution in [3.8, 4) is 11.1 Å². The maximum absolute atomic E-state index is 13.9. The molecule has 0 aromatic heterocycles. The van der Waals surface area contributed by atoms with Crippen LogP contribution in [0.15, 0.2) is 72.8 Å². The van der Waals surface area contributed by atoms with Gasteiger partial charge in [0.15, 0.2) is 0 Å². The first-order chi connectivity index (χ1) is 15.6. The van der Waals surface area contributed by atoms with E-state index in [0.29, 0.717) is 0 Å². The molecule has 1 N–H and O–H groups in total. The number of hydrogen-bond acceptors (Lipinski definition) is 4. The van der Waals surface area contributed by atoms with E-state index >= 15 is 0 Å². The highest BCUT2D eigenvalue weighted by Crippen LogP contribution is 2.44. The lowest BCUT2D eigenvalue weighted by Crippen LogP contribution is -2.26. The fourth-order valence-corrected chi connectivity index (χ4v) is 3.89. The summed E-state index contributed by atoms with van der Waals surface area (Å²) in [5.74, 6) is -1.04. The molecule has 0 radical (unpaired) electrons. The van der Waals surface area contributed by atoms with Gasteiger partial charge in [-0.1, -0.05) is 60.7 Å². The van der Waals surface area contributed by atoms with E-state index in [1.807, 2.05) is 24.3 Å². The van der Waals surface area contributed by atoms with Gasteiger partial charge < -0.3 is 14.8 Å². The first kappa shape index (κ1) is 21.3. The number of hydrogen-bond donors (Lipinski definition) is 1. The molecule has 5 nitrogen and oxygen atoms in total. The van der Waals surface area contributed by atoms with Crippen LogP contribution in [0.2, 0.25) is 0 Å². The minimum Gasteiger partial charge on any atom is -0.465 e. The lowest BCUT2D eigenvalue weighted by Gasteiger charge is -2.14. The topological polar surface area (TPSA) is 64.6 Å². The second-order valence-electron chi connectivity index (χ2n) is 7.34. The van der Waals surface area contributed by atoms with E-state index in [-0.39, 0.29) is 30.2 Å². The Bertz CT molecular complexity index is 1140. The Morgan fingerprint density at radius 1 is 1.00 bits per heavy atom. The first-order valence-electron chi connectivity index (χ1n) is 10.2. The molecule has 0 saturated carbocycles. The van der Waals surface area contributed by atoms with Crippen molar-refractivity contribution in [2.24, 2.45) is 0 Å². The van der Waals surface area contributed by atoms with Gasteiger partial charge in [-0.25, -0.2) is 14.0 Å². The molecule has 0 unspecified atom stereocenters. The van der Waals surface area contributed by atoms with Crippen molar-refractivity contribution < 1.29 is 23.5 Å². The van der Waals surface area contributed by atoms with Gasteiger partial charge in [0.2, 0.25) is 0 Å². The number of halogens is 1. The summed E-state index contributed by atoms with van der Waals surface area (Å²) in [5.41, 5.74) is 5.08. The van der Waals surface area contributed by atoms with Crippen molar-refractivity contribution in [2.75, 3.05) is 20.3 Å². The smallest absolute Gasteiger partial charge is 0.407 e. The number of ether oxygens (including phenoxy) is 2. The molecule has 162 valence electrons. The molecule has 0 fully saturated rings. The third-order valence-electron chi connectivity index (χ3n) is 5.42. The van der Waals surface area contributed by atoms with Crippen LogP contribution in [0.25, 0.3) is 17.2 Å². The zero-order chi connectivity index (χ0) is 22.5. The molecule has 0 heterocycles. The molecule has 0 atom stereocenters. The monoisotopic (exact) mass is 431 g/mol. The summed E-state index contributed by atoms with van der Waals surface area (Å²) in [6, 6.07) is 20.2. The number of methoxy groups -OCH3 is 1. The molecule has 1 amide bonds. The van der Waals surface area contributed by atoms with Gasteiger partial charge in [-0.2, -0.15) is 0 Å². The Hall–Kier alpha value is -3.93. The highest BCUT2D eigenvalue weighted by molar-refractivity contribution is 5.90. The van der Waals surface area contributed by atoms with E-state index in [4.69, 9.17) is 4.74 Å². The largest absolute Gasteiger partial charge is 0.465 e. The number of esters is 1. The summed E-state index contributed by atoms with van der Waals surface area (Å²) in [5, 5.41) is 2.63. The zero-order valence-corrected chi connectivity index (χ0v) is 17.5. The third-order valence-corrected chi connectivity index (χ3v) is 5.42. The summed E-state index contributed by atoms with van der Waals surface area (Å²) >= 11 is 0. The molecule has 3 aromatic carbocycles. The van der Waals surface area contributed by atoms with Gasteiger partial charge in [0.05, 0.1) is 12.7 Å². The van der Waals surface area contributed by atoms with Gasteiger partial charge in [-0.15, -0.1) is 0 Å². The fraction of sp³-hybridized carbons (Fsp3) is 0.154. The normalized spacial score (nSPS) is 12.3. The second kappa shape index (κ2) is 9.47. The van der Waals surface area contributed by atoms with Crippen molar-refractivity contribution in [1.29, 1.82) is 0 Å². The van der Waals surface area contributed by atoms with Crippen LogP contribution < -0.4 is 5.32 Å². The van der Waals surface area contributed by atoms with Crippen LogP contribution in [0, 0.1) is 5.82 Å². The highest BCUT2D eigenvalue weighted by atomic mass is 19.1. The fourth-order valence-electron chi connectivity index (χ4n) is 3.89. The highest BCUT2D eigenvalue weighted by Gasteiger charge is 2.28. The Morgan fingerprint density at radius 3 is 2.31 bits per heavy atom. The molecular formula is C26H22FNO4. The molecule has 0 saturated heterocycles. The Balaban J connectivity index is 1.33. The summed E-state index contributed by atoms with van der Waals surface area (Å²) < 4.78 is 24.0. The van der Waals surface area contributed by atoms with Crippen LogP contribution in [-0.2, 0) is 9.47 Å². The minimum absolute atomic E-state index is 0.0150. The predicted molar refractivity (Wildman–Crippen MR) is 120 cm³/mol. The average Bonchev–Trinajstić information content (AvgIpc) is 3.14. The van der Waals surface area contributed by atoms with Gasteiger partial charge in [0.1, 0.15) is 12.4 Å². The second-order valence-corrected chi connectivity index (χ2v) is 7.34. The van der Waals surface area contributed by atoms with Crippen LogP contribution in [0.3, 0.4) is 0 Å². The molecule has 3 aromatic rings. The van der Waals surface area contributed by atoms with Gasteiger partial charge in [-0.05, 0) is 40.5 Å². The Labute approximate surface area is 185 Å². The van der Waals surface area contributed by atoms with Crippen LogP contribution >= 0.6 is 0 Å². The molecule has 6 heteroatoms. The van der Waals surface area contributed by atoms with E-state index < -0.39 is 17.9 Å². The first-order valence-corrected chi connectivity index (χ1v) is 10.2. The van der Waals surface area contributed by atoms with Crippen LogP contribution in [0.5, 0.6) is 0 Å². The maximum Gasteiger partial charge on any atom is 0.407 e. The van der Waals surface area contributed by atoms with Crippen molar-refractivity contribution in [2.45, 2.75) is 5.92 Å². The number of amides is 1. The lowest BCUT2D eigenvalue weighted by atomic mass is 9.98. The molecular weight excluding hydrogens is 409 g/mol. The van der Waals surface area contributed by atoms with E-state index in [1.165, 1.54) is 31.4 Å². The standard InChI is InChI=1S/C26H22FNO4/c1-31-25(29)18-12-13-24(27)17(15-18)7-6-14-28-26(30)32-16-23-21-10-4-2-8-19(21)20-9-3-5-11-22(20)23/h2-13,15,23H,14,16H2,1H3,(H,28,30). The number of carbonyl (C=O) groups excluding carboxylic acids is 2. The van der Waals surface area contributed by atoms with Crippen molar-refractivity contribution in [1.82, 2.24) is 5.32 Å². The number of rotatable bonds is 6. The maximum atomic E-state index is 13.9. The molecule has 4 rings (SSSR count). The third kappa shape index (κ3) is 4.39. The number of alkyl carbamates (subject to hydrolysis) is 1. The summed E-state index contributed by atoms with van der Waals surface area (Å²) in [6.45, 7) is 0.373. The molecule has 32 heavy (non-hydrogen) atoms. The van der Waals surface area contributed by atoms with E-state index in [0.717, 1.165) is 22.3 Å².